The lowest BCUT2D eigenvalue weighted by Gasteiger charge is -2.29. The Morgan fingerprint density at radius 3 is 2.50 bits per heavy atom. The Kier molecular flexibility index (Phi) is 1.92. The van der Waals surface area contributed by atoms with E-state index in [0.29, 0.717) is 0 Å². The Hall–Kier alpha value is -0.300. The molecule has 0 aromatic rings. The van der Waals surface area contributed by atoms with Crippen molar-refractivity contribution in [2.45, 2.75) is 17.3 Å². The average Bonchev–Trinajstić information content (AvgIpc) is 2.50. The summed E-state index contributed by atoms with van der Waals surface area (Å²) in [5.41, 5.74) is 0. The van der Waals surface area contributed by atoms with Crippen molar-refractivity contribution < 1.29 is 21.6 Å². The molecule has 2 heterocycles. The molecule has 0 spiro atoms. The highest BCUT2D eigenvalue weighted by molar-refractivity contribution is 7.93. The highest BCUT2D eigenvalue weighted by Crippen LogP contribution is 2.50. The van der Waals surface area contributed by atoms with Crippen LogP contribution >= 0.6 is 0 Å². The Bertz CT molecular complexity index is 350. The van der Waals surface area contributed by atoms with Gasteiger partial charge < -0.3 is 5.32 Å². The molecule has 2 rings (SSSR count). The minimum absolute atomic E-state index is 0.120. The molecule has 2 aliphatic heterocycles. The van der Waals surface area contributed by atoms with Crippen LogP contribution in [0.4, 0.5) is 13.2 Å². The number of nitrogens with one attached hydrogen (secondary N) is 1. The fourth-order valence-electron chi connectivity index (χ4n) is 2.43. The Morgan fingerprint density at radius 1 is 1.36 bits per heavy atom. The van der Waals surface area contributed by atoms with Gasteiger partial charge in [-0.3, -0.25) is 0 Å². The third kappa shape index (κ3) is 0.995. The smallest absolute Gasteiger partial charge is 0.314 e. The van der Waals surface area contributed by atoms with Gasteiger partial charge in [-0.15, -0.1) is 0 Å². The molecule has 3 nitrogen and oxygen atoms in total. The lowest BCUT2D eigenvalue weighted by atomic mass is 9.93. The van der Waals surface area contributed by atoms with Crippen LogP contribution in [0.2, 0.25) is 0 Å². The van der Waals surface area contributed by atoms with Crippen molar-refractivity contribution in [2.75, 3.05) is 18.8 Å². The second-order valence-electron chi connectivity index (χ2n) is 3.82. The SMILES string of the molecule is O=S1(=O)CC[C@@H]2CNC[C@@]21C(F)(F)F. The zero-order valence-corrected chi connectivity index (χ0v) is 8.08. The molecule has 14 heavy (non-hydrogen) atoms. The van der Waals surface area contributed by atoms with E-state index < -0.39 is 33.2 Å². The summed E-state index contributed by atoms with van der Waals surface area (Å²) < 4.78 is 58.8. The van der Waals surface area contributed by atoms with E-state index in [9.17, 15) is 21.6 Å². The number of hydrogen-bond acceptors (Lipinski definition) is 3. The quantitative estimate of drug-likeness (QED) is 0.651. The first kappa shape index (κ1) is 10.2. The maximum Gasteiger partial charge on any atom is 0.409 e. The van der Waals surface area contributed by atoms with E-state index in [4.69, 9.17) is 0 Å². The predicted molar refractivity (Wildman–Crippen MR) is 43.5 cm³/mol. The molecule has 2 fully saturated rings. The van der Waals surface area contributed by atoms with E-state index in [1.54, 1.807) is 0 Å². The Labute approximate surface area is 79.6 Å². The van der Waals surface area contributed by atoms with E-state index in [2.05, 4.69) is 5.32 Å². The van der Waals surface area contributed by atoms with E-state index >= 15 is 0 Å². The molecule has 0 radical (unpaired) electrons. The maximum atomic E-state index is 12.8. The Morgan fingerprint density at radius 2 is 2.00 bits per heavy atom. The topological polar surface area (TPSA) is 46.2 Å². The van der Waals surface area contributed by atoms with Gasteiger partial charge in [0.15, 0.2) is 14.6 Å². The van der Waals surface area contributed by atoms with Crippen molar-refractivity contribution in [1.29, 1.82) is 0 Å². The third-order valence-corrected chi connectivity index (χ3v) is 5.80. The highest BCUT2D eigenvalue weighted by atomic mass is 32.2. The monoisotopic (exact) mass is 229 g/mol. The number of rotatable bonds is 0. The van der Waals surface area contributed by atoms with Crippen LogP contribution in [0, 0.1) is 5.92 Å². The molecule has 0 aliphatic carbocycles. The van der Waals surface area contributed by atoms with Crippen molar-refractivity contribution in [1.82, 2.24) is 5.32 Å². The zero-order chi connectivity index (χ0) is 10.6. The molecule has 7 heteroatoms. The molecule has 2 atom stereocenters. The van der Waals surface area contributed by atoms with Gasteiger partial charge in [-0.1, -0.05) is 0 Å². The first-order valence-corrected chi connectivity index (χ1v) is 5.96. The predicted octanol–water partition coefficient (Wildman–Crippen LogP) is 0.325. The van der Waals surface area contributed by atoms with Crippen molar-refractivity contribution >= 4 is 9.84 Å². The second-order valence-corrected chi connectivity index (χ2v) is 6.19. The highest BCUT2D eigenvalue weighted by Gasteiger charge is 2.71. The van der Waals surface area contributed by atoms with Gasteiger partial charge in [0.1, 0.15) is 0 Å². The van der Waals surface area contributed by atoms with E-state index in [1.807, 2.05) is 0 Å². The molecular formula is C7H10F3NO2S. The second kappa shape index (κ2) is 2.63. The molecule has 82 valence electrons. The van der Waals surface area contributed by atoms with E-state index in [1.165, 1.54) is 0 Å². The first-order valence-electron chi connectivity index (χ1n) is 4.31. The molecule has 2 saturated heterocycles. The van der Waals surface area contributed by atoms with E-state index in [-0.39, 0.29) is 18.7 Å². The van der Waals surface area contributed by atoms with Gasteiger partial charge in [0.25, 0.3) is 0 Å². The average molecular weight is 229 g/mol. The van der Waals surface area contributed by atoms with Gasteiger partial charge >= 0.3 is 6.18 Å². The largest absolute Gasteiger partial charge is 0.409 e. The number of hydrogen-bond donors (Lipinski definition) is 1. The number of fused-ring (bicyclic) bond motifs is 1. The fourth-order valence-corrected chi connectivity index (χ4v) is 4.77. The fraction of sp³-hybridized carbons (Fsp3) is 1.00. The van der Waals surface area contributed by atoms with Crippen LogP contribution in [-0.4, -0.2) is 38.2 Å². The lowest BCUT2D eigenvalue weighted by molar-refractivity contribution is -0.164. The minimum atomic E-state index is -4.66. The molecule has 0 bridgehead atoms. The Balaban J connectivity index is 2.57. The van der Waals surface area contributed by atoms with Crippen LogP contribution in [0.5, 0.6) is 0 Å². The summed E-state index contributed by atoms with van der Waals surface area (Å²) in [7, 11) is -4.03. The van der Waals surface area contributed by atoms with Gasteiger partial charge in [0.05, 0.1) is 5.75 Å². The zero-order valence-electron chi connectivity index (χ0n) is 7.26. The molecule has 0 aromatic heterocycles. The van der Waals surface area contributed by atoms with Crippen LogP contribution in [0.15, 0.2) is 0 Å². The van der Waals surface area contributed by atoms with Gasteiger partial charge in [-0.25, -0.2) is 8.42 Å². The summed E-state index contributed by atoms with van der Waals surface area (Å²) in [4.78, 5) is 0. The minimum Gasteiger partial charge on any atom is -0.314 e. The van der Waals surface area contributed by atoms with Gasteiger partial charge in [-0.2, -0.15) is 13.2 Å². The first-order chi connectivity index (χ1) is 6.31. The molecule has 2 aliphatic rings. The number of sulfone groups is 1. The van der Waals surface area contributed by atoms with E-state index in [0.717, 1.165) is 0 Å². The van der Waals surface area contributed by atoms with Crippen molar-refractivity contribution in [3.8, 4) is 0 Å². The van der Waals surface area contributed by atoms with Crippen LogP contribution in [0.25, 0.3) is 0 Å². The standard InChI is InChI=1S/C7H10F3NO2S/c8-7(9,10)6-4-11-3-5(6)1-2-14(6,12)13/h5,11H,1-4H2/t5-,6+/m1/s1. The molecule has 0 unspecified atom stereocenters. The molecule has 1 N–H and O–H groups in total. The lowest BCUT2D eigenvalue weighted by Crippen LogP contribution is -2.54. The van der Waals surface area contributed by atoms with Crippen LogP contribution in [-0.2, 0) is 9.84 Å². The molecule has 0 saturated carbocycles. The molecule has 0 aromatic carbocycles. The summed E-state index contributed by atoms with van der Waals surface area (Å²) in [5.74, 6) is -1.13. The van der Waals surface area contributed by atoms with Crippen molar-refractivity contribution in [3.05, 3.63) is 0 Å². The van der Waals surface area contributed by atoms with Crippen molar-refractivity contribution in [2.24, 2.45) is 5.92 Å². The number of halogens is 3. The normalized spacial score (nSPS) is 41.2. The van der Waals surface area contributed by atoms with Gasteiger partial charge in [0.2, 0.25) is 0 Å². The summed E-state index contributed by atoms with van der Waals surface area (Å²) >= 11 is 0. The molecular weight excluding hydrogens is 219 g/mol. The van der Waals surface area contributed by atoms with Gasteiger partial charge in [0, 0.05) is 12.5 Å². The van der Waals surface area contributed by atoms with Crippen molar-refractivity contribution in [3.63, 3.8) is 0 Å². The summed E-state index contributed by atoms with van der Waals surface area (Å²) in [5, 5.41) is 2.53. The maximum absolute atomic E-state index is 12.8. The summed E-state index contributed by atoms with van der Waals surface area (Å²) in [6.07, 6.45) is -4.54. The van der Waals surface area contributed by atoms with Crippen LogP contribution in [0.1, 0.15) is 6.42 Å². The number of alkyl halides is 3. The molecule has 0 amide bonds. The van der Waals surface area contributed by atoms with Crippen LogP contribution in [0.3, 0.4) is 0 Å². The van der Waals surface area contributed by atoms with Crippen LogP contribution < -0.4 is 5.32 Å². The third-order valence-electron chi connectivity index (χ3n) is 3.21. The van der Waals surface area contributed by atoms with Gasteiger partial charge in [-0.05, 0) is 13.0 Å². The summed E-state index contributed by atoms with van der Waals surface area (Å²) in [6, 6.07) is 0. The summed E-state index contributed by atoms with van der Waals surface area (Å²) in [6.45, 7) is -0.331.